The summed E-state index contributed by atoms with van der Waals surface area (Å²) in [7, 11) is 0. The second-order valence-corrected chi connectivity index (χ2v) is 15.3. The number of allylic oxidation sites excluding steroid dienone is 1. The number of nitrogens with one attached hydrogen (secondary N) is 2. The average molecular weight is 513 g/mol. The van der Waals surface area contributed by atoms with E-state index in [-0.39, 0.29) is 0 Å². The van der Waals surface area contributed by atoms with E-state index in [2.05, 4.69) is 52.2 Å². The van der Waals surface area contributed by atoms with Crippen molar-refractivity contribution in [3.63, 3.8) is 0 Å². The van der Waals surface area contributed by atoms with E-state index in [1.807, 2.05) is 0 Å². The minimum Gasteiger partial charge on any atom is -0.356 e. The first-order valence-electron chi connectivity index (χ1n) is 16.0. The van der Waals surface area contributed by atoms with Gasteiger partial charge in [0.15, 0.2) is 5.11 Å². The number of hydrogen-bond acceptors (Lipinski definition) is 1. The van der Waals surface area contributed by atoms with Gasteiger partial charge in [-0.2, -0.15) is 0 Å². The van der Waals surface area contributed by atoms with Crippen LogP contribution in [0.4, 0.5) is 0 Å². The second kappa shape index (κ2) is 10.5. The van der Waals surface area contributed by atoms with Crippen molar-refractivity contribution in [2.24, 2.45) is 52.3 Å². The van der Waals surface area contributed by atoms with Crippen LogP contribution in [0.5, 0.6) is 0 Å². The molecule has 36 heavy (non-hydrogen) atoms. The fraction of sp³-hybridized carbons (Fsp3) is 0.909. The first-order valence-corrected chi connectivity index (χ1v) is 16.4. The minimum absolute atomic E-state index is 0.475. The lowest BCUT2D eigenvalue weighted by Gasteiger charge is -2.61. The molecule has 3 heteroatoms. The van der Waals surface area contributed by atoms with Gasteiger partial charge < -0.3 is 10.6 Å². The van der Waals surface area contributed by atoms with Gasteiger partial charge in [0.2, 0.25) is 0 Å². The van der Waals surface area contributed by atoms with Crippen molar-refractivity contribution in [2.45, 2.75) is 137 Å². The van der Waals surface area contributed by atoms with Gasteiger partial charge in [-0.05, 0) is 128 Å². The summed E-state index contributed by atoms with van der Waals surface area (Å²) in [6, 6.07) is 0.475. The van der Waals surface area contributed by atoms with Gasteiger partial charge in [0.25, 0.3) is 0 Å². The number of hydrogen-bond donors (Lipinski definition) is 2. The van der Waals surface area contributed by atoms with Gasteiger partial charge in [-0.15, -0.1) is 0 Å². The Bertz CT molecular complexity index is 847. The van der Waals surface area contributed by atoms with Crippen molar-refractivity contribution in [1.82, 2.24) is 10.6 Å². The van der Waals surface area contributed by atoms with Gasteiger partial charge in [0, 0.05) is 5.70 Å². The summed E-state index contributed by atoms with van der Waals surface area (Å²) < 4.78 is 0. The molecule has 204 valence electrons. The van der Waals surface area contributed by atoms with Crippen LogP contribution in [0.1, 0.15) is 131 Å². The van der Waals surface area contributed by atoms with E-state index in [0.717, 1.165) is 46.5 Å². The lowest BCUT2D eigenvalue weighted by atomic mass is 9.44. The quantitative estimate of drug-likeness (QED) is 0.317. The van der Waals surface area contributed by atoms with Gasteiger partial charge in [-0.1, -0.05) is 73.6 Å². The van der Waals surface area contributed by atoms with Crippen LogP contribution in [0, 0.1) is 52.3 Å². The van der Waals surface area contributed by atoms with Crippen LogP contribution >= 0.6 is 12.2 Å². The van der Waals surface area contributed by atoms with E-state index in [4.69, 9.17) is 12.2 Å². The van der Waals surface area contributed by atoms with E-state index in [9.17, 15) is 0 Å². The maximum Gasteiger partial charge on any atom is 0.171 e. The molecular weight excluding hydrogens is 456 g/mol. The van der Waals surface area contributed by atoms with Crippen molar-refractivity contribution < 1.29 is 0 Å². The summed E-state index contributed by atoms with van der Waals surface area (Å²) in [5, 5.41) is 8.19. The fourth-order valence-corrected chi connectivity index (χ4v) is 10.9. The summed E-state index contributed by atoms with van der Waals surface area (Å²) in [6.45, 7) is 15.2. The fourth-order valence-electron chi connectivity index (χ4n) is 10.6. The predicted octanol–water partition coefficient (Wildman–Crippen LogP) is 9.01. The molecule has 2 unspecified atom stereocenters. The third-order valence-electron chi connectivity index (χ3n) is 12.5. The highest BCUT2D eigenvalue weighted by Crippen LogP contribution is 2.68. The SMILES string of the molecule is CCCCC1NC(=S)NC2=C1C[C@@]1(C)C(CC[C@H]3[C@@H]4CC[C@H]([C@H](C)CCCC(C)C)[C@@]4(C)CC[C@@H]31)C2. The second-order valence-electron chi connectivity index (χ2n) is 14.9. The van der Waals surface area contributed by atoms with Gasteiger partial charge in [-0.25, -0.2) is 0 Å². The van der Waals surface area contributed by atoms with Crippen LogP contribution in [-0.2, 0) is 0 Å². The van der Waals surface area contributed by atoms with Gasteiger partial charge in [0.05, 0.1) is 6.04 Å². The summed E-state index contributed by atoms with van der Waals surface area (Å²) in [5.41, 5.74) is 4.30. The molecule has 0 amide bonds. The zero-order valence-corrected chi connectivity index (χ0v) is 25.2. The highest BCUT2D eigenvalue weighted by Gasteiger charge is 2.61. The van der Waals surface area contributed by atoms with Crippen LogP contribution in [0.25, 0.3) is 0 Å². The Morgan fingerprint density at radius 2 is 1.72 bits per heavy atom. The van der Waals surface area contributed by atoms with Crippen LogP contribution in [0.2, 0.25) is 0 Å². The number of thiocarbonyl (C=S) groups is 1. The number of rotatable bonds is 8. The lowest BCUT2D eigenvalue weighted by molar-refractivity contribution is -0.104. The molecule has 3 saturated carbocycles. The van der Waals surface area contributed by atoms with Crippen LogP contribution < -0.4 is 10.6 Å². The van der Waals surface area contributed by atoms with E-state index < -0.39 is 0 Å². The molecule has 0 aromatic rings. The molecule has 0 radical (unpaired) electrons. The van der Waals surface area contributed by atoms with E-state index in [1.165, 1.54) is 95.6 Å². The van der Waals surface area contributed by atoms with Gasteiger partial charge in [0.1, 0.15) is 0 Å². The lowest BCUT2D eigenvalue weighted by Crippen LogP contribution is -2.57. The molecular formula is C33H56N2S. The van der Waals surface area contributed by atoms with Crippen molar-refractivity contribution in [3.05, 3.63) is 11.3 Å². The van der Waals surface area contributed by atoms with Gasteiger partial charge in [-0.3, -0.25) is 0 Å². The number of fused-ring (bicyclic) bond motifs is 5. The molecule has 0 aromatic carbocycles. The first kappa shape index (κ1) is 27.0. The molecule has 0 bridgehead atoms. The third-order valence-corrected chi connectivity index (χ3v) is 12.7. The molecule has 0 spiro atoms. The molecule has 4 aliphatic carbocycles. The normalized spacial score (nSPS) is 42.7. The maximum atomic E-state index is 5.65. The Hall–Kier alpha value is -0.570. The molecule has 0 aromatic heterocycles. The van der Waals surface area contributed by atoms with Crippen molar-refractivity contribution in [2.75, 3.05) is 0 Å². The summed E-state index contributed by atoms with van der Waals surface area (Å²) in [4.78, 5) is 0. The van der Waals surface area contributed by atoms with Crippen molar-refractivity contribution in [1.29, 1.82) is 0 Å². The Kier molecular flexibility index (Phi) is 7.91. The monoisotopic (exact) mass is 512 g/mol. The molecule has 0 saturated heterocycles. The zero-order valence-electron chi connectivity index (χ0n) is 24.4. The Morgan fingerprint density at radius 3 is 2.47 bits per heavy atom. The van der Waals surface area contributed by atoms with E-state index in [1.54, 1.807) is 5.57 Å². The molecule has 3 fully saturated rings. The highest BCUT2D eigenvalue weighted by atomic mass is 32.1. The molecule has 5 aliphatic rings. The first-order chi connectivity index (χ1) is 17.2. The van der Waals surface area contributed by atoms with E-state index in [0.29, 0.717) is 16.9 Å². The summed E-state index contributed by atoms with van der Waals surface area (Å²) >= 11 is 5.65. The summed E-state index contributed by atoms with van der Waals surface area (Å²) in [5.74, 6) is 6.45. The van der Waals surface area contributed by atoms with Crippen molar-refractivity contribution in [3.8, 4) is 0 Å². The summed E-state index contributed by atoms with van der Waals surface area (Å²) in [6.07, 6.45) is 19.6. The predicted molar refractivity (Wildman–Crippen MR) is 158 cm³/mol. The Balaban J connectivity index is 1.33. The largest absolute Gasteiger partial charge is 0.356 e. The van der Waals surface area contributed by atoms with Crippen LogP contribution in [0.15, 0.2) is 11.3 Å². The molecule has 1 aliphatic heterocycles. The molecule has 2 N–H and O–H groups in total. The number of unbranched alkanes of at least 4 members (excludes halogenated alkanes) is 1. The third kappa shape index (κ3) is 4.71. The topological polar surface area (TPSA) is 24.1 Å². The Labute approximate surface area is 228 Å². The van der Waals surface area contributed by atoms with E-state index >= 15 is 0 Å². The van der Waals surface area contributed by atoms with Crippen molar-refractivity contribution >= 4 is 17.3 Å². The van der Waals surface area contributed by atoms with Crippen LogP contribution in [-0.4, -0.2) is 11.2 Å². The minimum atomic E-state index is 0.475. The molecule has 9 atom stereocenters. The zero-order chi connectivity index (χ0) is 25.7. The molecule has 1 heterocycles. The van der Waals surface area contributed by atoms with Gasteiger partial charge >= 0.3 is 0 Å². The highest BCUT2D eigenvalue weighted by molar-refractivity contribution is 7.80. The molecule has 5 rings (SSSR count). The Morgan fingerprint density at radius 1 is 0.944 bits per heavy atom. The van der Waals surface area contributed by atoms with Crippen LogP contribution in [0.3, 0.4) is 0 Å². The smallest absolute Gasteiger partial charge is 0.171 e. The molecule has 2 nitrogen and oxygen atoms in total. The average Bonchev–Trinajstić information content (AvgIpc) is 3.18. The maximum absolute atomic E-state index is 5.65. The standard InChI is InChI=1S/C33H56N2S/c1-7-8-12-29-25-20-33(6)23(19-30(25)35-31(36)34-29)13-14-24-27-16-15-26(22(4)11-9-10-21(2)3)32(27,5)18-17-28(24)33/h21-24,26-29H,7-20H2,1-6H3,(H2,34,35,36)/t22-,23?,24+,26-,27+,28+,29?,32-,33+/m1/s1.